The van der Waals surface area contributed by atoms with Crippen molar-refractivity contribution in [2.24, 2.45) is 0 Å². The molecule has 0 saturated carbocycles. The number of aromatic nitrogens is 1. The van der Waals surface area contributed by atoms with Crippen molar-refractivity contribution in [3.05, 3.63) is 65.7 Å². The van der Waals surface area contributed by atoms with Crippen molar-refractivity contribution in [1.82, 2.24) is 4.98 Å². The van der Waals surface area contributed by atoms with Crippen LogP contribution in [0.4, 0.5) is 16.5 Å². The van der Waals surface area contributed by atoms with Crippen LogP contribution in [0.1, 0.15) is 19.0 Å². The molecule has 0 bridgehead atoms. The third-order valence-electron chi connectivity index (χ3n) is 3.92. The maximum atomic E-state index is 12.3. The molecule has 0 aliphatic rings. The first-order chi connectivity index (χ1) is 14.3. The van der Waals surface area contributed by atoms with Gasteiger partial charge in [-0.25, -0.2) is 13.4 Å². The van der Waals surface area contributed by atoms with E-state index in [1.165, 1.54) is 30.4 Å². The summed E-state index contributed by atoms with van der Waals surface area (Å²) in [5.41, 5.74) is 1.89. The monoisotopic (exact) mass is 444 g/mol. The Kier molecular flexibility index (Phi) is 6.80. The number of benzene rings is 2. The summed E-state index contributed by atoms with van der Waals surface area (Å²) in [4.78, 5) is 27.6. The van der Waals surface area contributed by atoms with Gasteiger partial charge in [0.1, 0.15) is 0 Å². The fourth-order valence-electron chi connectivity index (χ4n) is 2.55. The molecule has 30 heavy (non-hydrogen) atoms. The molecule has 3 aromatic rings. The van der Waals surface area contributed by atoms with Crippen molar-refractivity contribution in [2.75, 3.05) is 15.4 Å². The Morgan fingerprint density at radius 3 is 2.23 bits per heavy atom. The van der Waals surface area contributed by atoms with Crippen LogP contribution < -0.4 is 15.4 Å². The van der Waals surface area contributed by atoms with Gasteiger partial charge in [-0.15, -0.1) is 11.3 Å². The second kappa shape index (κ2) is 9.51. The van der Waals surface area contributed by atoms with Gasteiger partial charge in [0.25, 0.3) is 10.0 Å². The van der Waals surface area contributed by atoms with E-state index in [9.17, 15) is 18.0 Å². The van der Waals surface area contributed by atoms with Gasteiger partial charge >= 0.3 is 0 Å². The first-order valence-corrected chi connectivity index (χ1v) is 11.4. The predicted octanol–water partition coefficient (Wildman–Crippen LogP) is 3.47. The van der Waals surface area contributed by atoms with Gasteiger partial charge in [-0.2, -0.15) is 0 Å². The number of hydrogen-bond acceptors (Lipinski definition) is 6. The lowest BCUT2D eigenvalue weighted by molar-refractivity contribution is -0.116. The van der Waals surface area contributed by atoms with Gasteiger partial charge < -0.3 is 10.6 Å². The zero-order valence-electron chi connectivity index (χ0n) is 16.1. The summed E-state index contributed by atoms with van der Waals surface area (Å²) in [7, 11) is -3.69. The van der Waals surface area contributed by atoms with Gasteiger partial charge in [-0.1, -0.05) is 18.2 Å². The summed E-state index contributed by atoms with van der Waals surface area (Å²) in [6.45, 7) is 1.42. The van der Waals surface area contributed by atoms with Gasteiger partial charge in [-0.3, -0.25) is 14.3 Å². The summed E-state index contributed by atoms with van der Waals surface area (Å²) in [5.74, 6) is -0.359. The molecule has 2 amide bonds. The Balaban J connectivity index is 1.51. The highest BCUT2D eigenvalue weighted by molar-refractivity contribution is 7.93. The third-order valence-corrected chi connectivity index (χ3v) is 6.21. The number of carbonyl (C=O) groups excluding carboxylic acids is 2. The summed E-state index contributed by atoms with van der Waals surface area (Å²) in [5, 5.41) is 7.40. The van der Waals surface area contributed by atoms with Gasteiger partial charge in [0, 0.05) is 30.1 Å². The number of hydrogen-bond donors (Lipinski definition) is 3. The average molecular weight is 445 g/mol. The van der Waals surface area contributed by atoms with E-state index in [1.807, 2.05) is 0 Å². The van der Waals surface area contributed by atoms with Gasteiger partial charge in [-0.05, 0) is 42.8 Å². The number of nitrogens with zero attached hydrogens (tertiary/aromatic N) is 1. The van der Waals surface area contributed by atoms with Crippen LogP contribution in [-0.4, -0.2) is 25.2 Å². The third kappa shape index (κ3) is 6.13. The molecule has 3 rings (SSSR count). The smallest absolute Gasteiger partial charge is 0.263 e. The molecule has 1 heterocycles. The molecular formula is C20H20N4O4S2. The van der Waals surface area contributed by atoms with E-state index in [1.54, 1.807) is 47.8 Å². The van der Waals surface area contributed by atoms with Gasteiger partial charge in [0.15, 0.2) is 5.13 Å². The summed E-state index contributed by atoms with van der Waals surface area (Å²) < 4.78 is 27.1. The zero-order valence-corrected chi connectivity index (χ0v) is 17.7. The van der Waals surface area contributed by atoms with E-state index in [4.69, 9.17) is 0 Å². The number of rotatable bonds is 8. The van der Waals surface area contributed by atoms with Gasteiger partial charge in [0.05, 0.1) is 10.6 Å². The maximum absolute atomic E-state index is 12.3. The molecule has 1 aromatic heterocycles. The highest BCUT2D eigenvalue weighted by Crippen LogP contribution is 2.21. The normalized spacial score (nSPS) is 11.0. The van der Waals surface area contributed by atoms with Crippen molar-refractivity contribution in [3.8, 4) is 0 Å². The number of nitrogens with one attached hydrogen (secondary N) is 3. The minimum absolute atomic E-state index is 0.158. The van der Waals surface area contributed by atoms with E-state index in [2.05, 4.69) is 20.3 Å². The Bertz CT molecular complexity index is 1130. The van der Waals surface area contributed by atoms with E-state index < -0.39 is 10.0 Å². The summed E-state index contributed by atoms with van der Waals surface area (Å²) >= 11 is 1.17. The molecule has 0 unspecified atom stereocenters. The lowest BCUT2D eigenvalue weighted by atomic mass is 10.2. The molecule has 0 saturated heterocycles. The van der Waals surface area contributed by atoms with Crippen molar-refractivity contribution >= 4 is 49.7 Å². The van der Waals surface area contributed by atoms with Crippen molar-refractivity contribution in [1.29, 1.82) is 0 Å². The zero-order chi connectivity index (χ0) is 21.6. The number of carbonyl (C=O) groups is 2. The standard InChI is InChI=1S/C20H20N4O4S2/c1-14(25)21-15-7-9-16(10-8-15)22-19(26)12-11-17-13-29-20(23-17)24-30(27,28)18-5-3-2-4-6-18/h2-10,13H,11-12H2,1H3,(H,21,25)(H,22,26)(H,23,24). The van der Waals surface area contributed by atoms with Gasteiger partial charge in [0.2, 0.25) is 11.8 Å². The van der Waals surface area contributed by atoms with Crippen LogP contribution in [0.25, 0.3) is 0 Å². The highest BCUT2D eigenvalue weighted by Gasteiger charge is 2.16. The number of aryl methyl sites for hydroxylation is 1. The summed E-state index contributed by atoms with van der Waals surface area (Å²) in [6, 6.07) is 14.8. The van der Waals surface area contributed by atoms with Crippen molar-refractivity contribution in [2.45, 2.75) is 24.7 Å². The maximum Gasteiger partial charge on any atom is 0.263 e. The minimum atomic E-state index is -3.69. The molecule has 156 valence electrons. The summed E-state index contributed by atoms with van der Waals surface area (Å²) in [6.07, 6.45) is 0.571. The second-order valence-electron chi connectivity index (χ2n) is 6.37. The molecule has 0 aliphatic heterocycles. The van der Waals surface area contributed by atoms with Crippen LogP contribution in [-0.2, 0) is 26.0 Å². The first kappa shape index (κ1) is 21.5. The van der Waals surface area contributed by atoms with Crippen LogP contribution in [0.2, 0.25) is 0 Å². The molecule has 10 heteroatoms. The van der Waals surface area contributed by atoms with Crippen LogP contribution >= 0.6 is 11.3 Å². The molecule has 0 fully saturated rings. The van der Waals surface area contributed by atoms with E-state index in [-0.39, 0.29) is 28.3 Å². The lowest BCUT2D eigenvalue weighted by Gasteiger charge is -2.06. The quantitative estimate of drug-likeness (QED) is 0.492. The molecule has 3 N–H and O–H groups in total. The highest BCUT2D eigenvalue weighted by atomic mass is 32.2. The van der Waals surface area contributed by atoms with Crippen LogP contribution in [0.3, 0.4) is 0 Å². The first-order valence-electron chi connectivity index (χ1n) is 9.01. The Morgan fingerprint density at radius 1 is 0.967 bits per heavy atom. The second-order valence-corrected chi connectivity index (χ2v) is 8.91. The predicted molar refractivity (Wildman–Crippen MR) is 117 cm³/mol. The van der Waals surface area contributed by atoms with Crippen molar-refractivity contribution < 1.29 is 18.0 Å². The van der Waals surface area contributed by atoms with Crippen LogP contribution in [0, 0.1) is 0 Å². The molecule has 2 aromatic carbocycles. The largest absolute Gasteiger partial charge is 0.326 e. The minimum Gasteiger partial charge on any atom is -0.326 e. The fourth-order valence-corrected chi connectivity index (χ4v) is 4.57. The molecule has 8 nitrogen and oxygen atoms in total. The Morgan fingerprint density at radius 2 is 1.60 bits per heavy atom. The van der Waals surface area contributed by atoms with Crippen molar-refractivity contribution in [3.63, 3.8) is 0 Å². The topological polar surface area (TPSA) is 117 Å². The Hall–Kier alpha value is -3.24. The average Bonchev–Trinajstić information content (AvgIpc) is 3.15. The van der Waals surface area contributed by atoms with E-state index in [0.717, 1.165) is 0 Å². The fraction of sp³-hybridized carbons (Fsp3) is 0.150. The van der Waals surface area contributed by atoms with Crippen LogP contribution in [0.15, 0.2) is 64.9 Å². The Labute approximate surface area is 178 Å². The molecule has 0 spiro atoms. The number of anilines is 3. The number of thiazole rings is 1. The molecular weight excluding hydrogens is 424 g/mol. The number of amides is 2. The van der Waals surface area contributed by atoms with E-state index >= 15 is 0 Å². The molecule has 0 aliphatic carbocycles. The SMILES string of the molecule is CC(=O)Nc1ccc(NC(=O)CCc2csc(NS(=O)(=O)c3ccccc3)n2)cc1. The molecule has 0 atom stereocenters. The lowest BCUT2D eigenvalue weighted by Crippen LogP contribution is -2.13. The number of sulfonamides is 1. The molecule has 0 radical (unpaired) electrons. The van der Waals surface area contributed by atoms with Crippen LogP contribution in [0.5, 0.6) is 0 Å². The van der Waals surface area contributed by atoms with E-state index in [0.29, 0.717) is 23.5 Å².